The Labute approximate surface area is 95.0 Å². The lowest BCUT2D eigenvalue weighted by molar-refractivity contribution is -0.132. The zero-order valence-electron chi connectivity index (χ0n) is 9.30. The molecule has 0 fully saturated rings. The van der Waals surface area contributed by atoms with E-state index in [0.29, 0.717) is 6.42 Å². The lowest BCUT2D eigenvalue weighted by Crippen LogP contribution is -2.42. The molecule has 1 aromatic rings. The van der Waals surface area contributed by atoms with Gasteiger partial charge in [-0.25, -0.2) is 0 Å². The quantitative estimate of drug-likeness (QED) is 0.719. The fraction of sp³-hybridized carbons (Fsp3) is 0.417. The van der Waals surface area contributed by atoms with Gasteiger partial charge in [0.1, 0.15) is 6.10 Å². The predicted octanol–water partition coefficient (Wildman–Crippen LogP) is 0.133. The number of carbonyl (C=O) groups excluding carboxylic acids is 1. The lowest BCUT2D eigenvalue weighted by Gasteiger charge is -2.16. The molecule has 0 radical (unpaired) electrons. The van der Waals surface area contributed by atoms with E-state index < -0.39 is 12.1 Å². The average molecular weight is 223 g/mol. The van der Waals surface area contributed by atoms with Gasteiger partial charge >= 0.3 is 0 Å². The first-order valence-corrected chi connectivity index (χ1v) is 5.16. The SMILES string of the molecule is COC(CO)C(=O)[C@@H](N)Cc1ccccc1. The van der Waals surface area contributed by atoms with Crippen molar-refractivity contribution in [1.29, 1.82) is 0 Å². The normalized spacial score (nSPS) is 14.4. The van der Waals surface area contributed by atoms with Crippen LogP contribution in [0.5, 0.6) is 0 Å². The molecule has 0 heterocycles. The van der Waals surface area contributed by atoms with Crippen LogP contribution in [0.1, 0.15) is 5.56 Å². The molecule has 0 bridgehead atoms. The Kier molecular flexibility index (Phi) is 5.11. The van der Waals surface area contributed by atoms with Crippen LogP contribution in [0.15, 0.2) is 30.3 Å². The molecule has 16 heavy (non-hydrogen) atoms. The van der Waals surface area contributed by atoms with Crippen LogP contribution in [0.25, 0.3) is 0 Å². The fourth-order valence-corrected chi connectivity index (χ4v) is 1.49. The maximum absolute atomic E-state index is 11.7. The second-order valence-corrected chi connectivity index (χ2v) is 3.61. The highest BCUT2D eigenvalue weighted by Crippen LogP contribution is 2.05. The van der Waals surface area contributed by atoms with E-state index in [2.05, 4.69) is 0 Å². The molecule has 0 saturated carbocycles. The van der Waals surface area contributed by atoms with Crippen molar-refractivity contribution in [3.05, 3.63) is 35.9 Å². The number of ether oxygens (including phenoxy) is 1. The average Bonchev–Trinajstić information content (AvgIpc) is 2.31. The number of rotatable bonds is 6. The Bertz CT molecular complexity index is 322. The molecule has 0 aliphatic rings. The molecule has 0 aliphatic heterocycles. The van der Waals surface area contributed by atoms with E-state index in [1.165, 1.54) is 7.11 Å². The minimum Gasteiger partial charge on any atom is -0.393 e. The number of methoxy groups -OCH3 is 1. The molecule has 88 valence electrons. The van der Waals surface area contributed by atoms with Gasteiger partial charge in [0.25, 0.3) is 0 Å². The molecule has 1 unspecified atom stereocenters. The molecule has 4 nitrogen and oxygen atoms in total. The van der Waals surface area contributed by atoms with Crippen LogP contribution in [-0.2, 0) is 16.0 Å². The maximum atomic E-state index is 11.7. The summed E-state index contributed by atoms with van der Waals surface area (Å²) in [5.41, 5.74) is 6.76. The third-order valence-corrected chi connectivity index (χ3v) is 2.43. The molecular formula is C12H17NO3. The summed E-state index contributed by atoms with van der Waals surface area (Å²) in [5, 5.41) is 8.91. The minimum atomic E-state index is -0.821. The van der Waals surface area contributed by atoms with Crippen LogP contribution in [0.4, 0.5) is 0 Å². The standard InChI is InChI=1S/C12H17NO3/c1-16-11(8-14)12(15)10(13)7-9-5-3-2-4-6-9/h2-6,10-11,14H,7-8,13H2,1H3/t10-,11?/m0/s1. The number of nitrogens with two attached hydrogens (primary N) is 1. The lowest BCUT2D eigenvalue weighted by atomic mass is 10.0. The first-order chi connectivity index (χ1) is 7.69. The van der Waals surface area contributed by atoms with Crippen molar-refractivity contribution in [1.82, 2.24) is 0 Å². The topological polar surface area (TPSA) is 72.5 Å². The molecule has 0 spiro atoms. The van der Waals surface area contributed by atoms with E-state index in [1.54, 1.807) is 0 Å². The minimum absolute atomic E-state index is 0.270. The van der Waals surface area contributed by atoms with E-state index >= 15 is 0 Å². The van der Waals surface area contributed by atoms with E-state index in [4.69, 9.17) is 15.6 Å². The third-order valence-electron chi connectivity index (χ3n) is 2.43. The van der Waals surface area contributed by atoms with Gasteiger partial charge in [-0.2, -0.15) is 0 Å². The number of aliphatic hydroxyl groups excluding tert-OH is 1. The number of aliphatic hydroxyl groups is 1. The second-order valence-electron chi connectivity index (χ2n) is 3.61. The van der Waals surface area contributed by atoms with Gasteiger partial charge in [0.05, 0.1) is 12.6 Å². The highest BCUT2D eigenvalue weighted by Gasteiger charge is 2.23. The fourth-order valence-electron chi connectivity index (χ4n) is 1.49. The van der Waals surface area contributed by atoms with Gasteiger partial charge in [-0.15, -0.1) is 0 Å². The van der Waals surface area contributed by atoms with Crippen LogP contribution in [0, 0.1) is 0 Å². The van der Waals surface area contributed by atoms with Crippen LogP contribution in [0.3, 0.4) is 0 Å². The number of hydrogen-bond acceptors (Lipinski definition) is 4. The second kappa shape index (κ2) is 6.37. The third kappa shape index (κ3) is 3.41. The Balaban J connectivity index is 2.58. The monoisotopic (exact) mass is 223 g/mol. The molecule has 2 atom stereocenters. The molecule has 0 amide bonds. The summed E-state index contributed by atoms with van der Waals surface area (Å²) in [6.45, 7) is -0.335. The summed E-state index contributed by atoms with van der Waals surface area (Å²) >= 11 is 0. The molecule has 1 rings (SSSR count). The van der Waals surface area contributed by atoms with E-state index in [9.17, 15) is 4.79 Å². The largest absolute Gasteiger partial charge is 0.393 e. The van der Waals surface area contributed by atoms with Crippen molar-refractivity contribution in [2.75, 3.05) is 13.7 Å². The summed E-state index contributed by atoms with van der Waals surface area (Å²) in [6, 6.07) is 8.88. The molecule has 3 N–H and O–H groups in total. The number of Topliss-reactive ketones (excluding diaryl/α,β-unsaturated/α-hetero) is 1. The number of carbonyl (C=O) groups is 1. The molecular weight excluding hydrogens is 206 g/mol. The van der Waals surface area contributed by atoms with Crippen molar-refractivity contribution in [3.8, 4) is 0 Å². The first kappa shape index (κ1) is 12.8. The number of benzene rings is 1. The zero-order chi connectivity index (χ0) is 12.0. The van der Waals surface area contributed by atoms with E-state index in [0.717, 1.165) is 5.56 Å². The molecule has 1 aromatic carbocycles. The highest BCUT2D eigenvalue weighted by atomic mass is 16.5. The predicted molar refractivity (Wildman–Crippen MR) is 61.0 cm³/mol. The van der Waals surface area contributed by atoms with Gasteiger partial charge in [0.2, 0.25) is 0 Å². The van der Waals surface area contributed by atoms with Gasteiger partial charge in [0.15, 0.2) is 5.78 Å². The summed E-state index contributed by atoms with van der Waals surface area (Å²) in [6.07, 6.45) is -0.363. The summed E-state index contributed by atoms with van der Waals surface area (Å²) in [7, 11) is 1.38. The zero-order valence-corrected chi connectivity index (χ0v) is 9.30. The van der Waals surface area contributed by atoms with Crippen molar-refractivity contribution < 1.29 is 14.6 Å². The maximum Gasteiger partial charge on any atom is 0.180 e. The summed E-state index contributed by atoms with van der Waals surface area (Å²) in [5.74, 6) is -0.270. The molecule has 0 aliphatic carbocycles. The Morgan fingerprint density at radius 3 is 2.56 bits per heavy atom. The van der Waals surface area contributed by atoms with Crippen molar-refractivity contribution in [3.63, 3.8) is 0 Å². The van der Waals surface area contributed by atoms with Gasteiger partial charge in [-0.1, -0.05) is 30.3 Å². The van der Waals surface area contributed by atoms with Gasteiger partial charge in [-0.05, 0) is 12.0 Å². The van der Waals surface area contributed by atoms with E-state index in [1.807, 2.05) is 30.3 Å². The van der Waals surface area contributed by atoms with Crippen molar-refractivity contribution in [2.24, 2.45) is 5.73 Å². The smallest absolute Gasteiger partial charge is 0.180 e. The molecule has 0 saturated heterocycles. The van der Waals surface area contributed by atoms with Crippen LogP contribution >= 0.6 is 0 Å². The van der Waals surface area contributed by atoms with E-state index in [-0.39, 0.29) is 12.4 Å². The van der Waals surface area contributed by atoms with Crippen LogP contribution in [0.2, 0.25) is 0 Å². The van der Waals surface area contributed by atoms with Gasteiger partial charge in [0, 0.05) is 7.11 Å². The molecule has 0 aromatic heterocycles. The van der Waals surface area contributed by atoms with Gasteiger partial charge < -0.3 is 15.6 Å². The Morgan fingerprint density at radius 1 is 1.44 bits per heavy atom. The first-order valence-electron chi connectivity index (χ1n) is 5.16. The Morgan fingerprint density at radius 2 is 2.06 bits per heavy atom. The van der Waals surface area contributed by atoms with Crippen molar-refractivity contribution in [2.45, 2.75) is 18.6 Å². The summed E-state index contributed by atoms with van der Waals surface area (Å²) in [4.78, 5) is 11.7. The van der Waals surface area contributed by atoms with Crippen LogP contribution in [-0.4, -0.2) is 36.8 Å². The summed E-state index contributed by atoms with van der Waals surface area (Å²) < 4.78 is 4.84. The highest BCUT2D eigenvalue weighted by molar-refractivity contribution is 5.88. The van der Waals surface area contributed by atoms with Crippen molar-refractivity contribution >= 4 is 5.78 Å². The number of ketones is 1. The molecule has 4 heteroatoms. The number of hydrogen-bond donors (Lipinski definition) is 2. The van der Waals surface area contributed by atoms with Crippen LogP contribution < -0.4 is 5.73 Å². The Hall–Kier alpha value is -1.23. The van der Waals surface area contributed by atoms with Gasteiger partial charge in [-0.3, -0.25) is 4.79 Å².